The summed E-state index contributed by atoms with van der Waals surface area (Å²) in [7, 11) is 1.68. The maximum Gasteiger partial charge on any atom is 0.117 e. The van der Waals surface area contributed by atoms with Gasteiger partial charge in [0.2, 0.25) is 0 Å². The highest BCUT2D eigenvalue weighted by Crippen LogP contribution is 2.13. The van der Waals surface area contributed by atoms with Crippen molar-refractivity contribution in [3.63, 3.8) is 0 Å². The molecule has 0 unspecified atom stereocenters. The van der Waals surface area contributed by atoms with Crippen molar-refractivity contribution >= 4 is 0 Å². The molecule has 0 aromatic carbocycles. The quantitative estimate of drug-likeness (QED) is 0.464. The van der Waals surface area contributed by atoms with E-state index in [1.807, 2.05) is 46.8 Å². The Morgan fingerprint density at radius 3 is 1.87 bits per heavy atom. The molecule has 90 valence electrons. The fourth-order valence-electron chi connectivity index (χ4n) is 0.951. The van der Waals surface area contributed by atoms with Crippen LogP contribution in [-0.2, 0) is 4.74 Å². The van der Waals surface area contributed by atoms with E-state index < -0.39 is 0 Å². The van der Waals surface area contributed by atoms with Crippen LogP contribution in [0.25, 0.3) is 0 Å². The predicted octanol–water partition coefficient (Wildman–Crippen LogP) is 5.11. The fourth-order valence-corrected chi connectivity index (χ4v) is 0.951. The van der Waals surface area contributed by atoms with Crippen LogP contribution in [-0.4, -0.2) is 7.11 Å². The Bertz CT molecular complexity index is 176. The molecule has 0 bridgehead atoms. The first-order valence-corrected chi connectivity index (χ1v) is 5.82. The normalized spacial score (nSPS) is 10.3. The summed E-state index contributed by atoms with van der Waals surface area (Å²) in [6.07, 6.45) is 6.68. The number of hydrogen-bond donors (Lipinski definition) is 0. The van der Waals surface area contributed by atoms with Crippen LogP contribution in [0.3, 0.4) is 0 Å². The minimum atomic E-state index is 0.937. The van der Waals surface area contributed by atoms with Crippen molar-refractivity contribution in [3.8, 4) is 0 Å². The minimum Gasteiger partial charge on any atom is -0.497 e. The van der Waals surface area contributed by atoms with Crippen molar-refractivity contribution in [3.05, 3.63) is 36.1 Å². The molecule has 0 saturated heterocycles. The van der Waals surface area contributed by atoms with Gasteiger partial charge in [-0.2, -0.15) is 0 Å². The van der Waals surface area contributed by atoms with Crippen LogP contribution in [0.1, 0.15) is 48.0 Å². The second-order valence-electron chi connectivity index (χ2n) is 2.14. The van der Waals surface area contributed by atoms with Gasteiger partial charge in [0.05, 0.1) is 7.11 Å². The van der Waals surface area contributed by atoms with Gasteiger partial charge in [0.25, 0.3) is 0 Å². The summed E-state index contributed by atoms with van der Waals surface area (Å²) < 4.78 is 5.15. The van der Waals surface area contributed by atoms with E-state index >= 15 is 0 Å². The number of hydrogen-bond acceptors (Lipinski definition) is 1. The Balaban J connectivity index is -0.000000318. The molecule has 15 heavy (non-hydrogen) atoms. The maximum atomic E-state index is 5.15. The molecule has 0 spiro atoms. The first-order valence-electron chi connectivity index (χ1n) is 5.82. The summed E-state index contributed by atoms with van der Waals surface area (Å²) in [5, 5.41) is 0. The molecular weight excluding hydrogens is 184 g/mol. The zero-order valence-electron chi connectivity index (χ0n) is 11.6. The second kappa shape index (κ2) is 18.7. The van der Waals surface area contributed by atoms with Crippen LogP contribution in [0, 0.1) is 0 Å². The number of ether oxygens (including phenoxy) is 1. The molecule has 0 aromatic rings. The summed E-state index contributed by atoms with van der Waals surface area (Å²) in [6.45, 7) is 15.7. The van der Waals surface area contributed by atoms with Crippen molar-refractivity contribution in [2.45, 2.75) is 48.0 Å². The number of allylic oxidation sites excluding steroid dienone is 4. The molecule has 0 aliphatic heterocycles. The van der Waals surface area contributed by atoms with E-state index in [0.29, 0.717) is 0 Å². The van der Waals surface area contributed by atoms with Crippen LogP contribution in [0.15, 0.2) is 36.1 Å². The summed E-state index contributed by atoms with van der Waals surface area (Å²) in [4.78, 5) is 0. The minimum absolute atomic E-state index is 0.937. The van der Waals surface area contributed by atoms with Gasteiger partial charge in [0.1, 0.15) is 5.76 Å². The standard InChI is InChI=1S/C10H16O.2C2H6/c1-5-8-9(6-2)10(7-3)11-4;2*1-2/h5,7-8H,1,6H2,2-4H3;2*1-2H3/b9-8-,10-7+;;. The molecular formula is C14H28O. The topological polar surface area (TPSA) is 9.23 Å². The van der Waals surface area contributed by atoms with E-state index in [-0.39, 0.29) is 0 Å². The average molecular weight is 212 g/mol. The predicted molar refractivity (Wildman–Crippen MR) is 72.0 cm³/mol. The van der Waals surface area contributed by atoms with E-state index in [1.165, 1.54) is 5.57 Å². The number of rotatable bonds is 4. The Morgan fingerprint density at radius 1 is 1.20 bits per heavy atom. The van der Waals surface area contributed by atoms with Gasteiger partial charge in [-0.15, -0.1) is 0 Å². The van der Waals surface area contributed by atoms with Crippen molar-refractivity contribution in [2.75, 3.05) is 7.11 Å². The second-order valence-corrected chi connectivity index (χ2v) is 2.14. The monoisotopic (exact) mass is 212 g/mol. The van der Waals surface area contributed by atoms with E-state index in [2.05, 4.69) is 13.5 Å². The molecule has 0 aromatic heterocycles. The Labute approximate surface area is 96.5 Å². The van der Waals surface area contributed by atoms with Crippen molar-refractivity contribution in [1.29, 1.82) is 0 Å². The van der Waals surface area contributed by atoms with Gasteiger partial charge in [0.15, 0.2) is 0 Å². The molecule has 0 atom stereocenters. The highest BCUT2D eigenvalue weighted by molar-refractivity contribution is 5.28. The Hall–Kier alpha value is -0.980. The molecule has 0 radical (unpaired) electrons. The lowest BCUT2D eigenvalue weighted by molar-refractivity contribution is 0.298. The highest BCUT2D eigenvalue weighted by Gasteiger charge is 1.98. The van der Waals surface area contributed by atoms with Crippen LogP contribution >= 0.6 is 0 Å². The van der Waals surface area contributed by atoms with E-state index in [4.69, 9.17) is 4.74 Å². The maximum absolute atomic E-state index is 5.15. The largest absolute Gasteiger partial charge is 0.497 e. The first-order chi connectivity index (χ1) is 7.29. The Kier molecular flexibility index (Phi) is 24.4. The van der Waals surface area contributed by atoms with Crippen molar-refractivity contribution in [1.82, 2.24) is 0 Å². The lowest BCUT2D eigenvalue weighted by atomic mass is 10.1. The van der Waals surface area contributed by atoms with Gasteiger partial charge >= 0.3 is 0 Å². The van der Waals surface area contributed by atoms with Crippen molar-refractivity contribution < 1.29 is 4.74 Å². The van der Waals surface area contributed by atoms with Crippen molar-refractivity contribution in [2.24, 2.45) is 0 Å². The molecule has 0 saturated carbocycles. The number of methoxy groups -OCH3 is 1. The van der Waals surface area contributed by atoms with Gasteiger partial charge < -0.3 is 4.74 Å². The van der Waals surface area contributed by atoms with E-state index in [9.17, 15) is 0 Å². The molecule has 0 aliphatic rings. The van der Waals surface area contributed by atoms with Gasteiger partial charge in [-0.1, -0.05) is 53.3 Å². The van der Waals surface area contributed by atoms with Gasteiger partial charge in [-0.25, -0.2) is 0 Å². The molecule has 0 amide bonds. The van der Waals surface area contributed by atoms with Crippen LogP contribution in [0.4, 0.5) is 0 Å². The van der Waals surface area contributed by atoms with E-state index in [1.54, 1.807) is 13.2 Å². The highest BCUT2D eigenvalue weighted by atomic mass is 16.5. The first kappa shape index (κ1) is 19.6. The zero-order valence-corrected chi connectivity index (χ0v) is 11.6. The third kappa shape index (κ3) is 10.9. The molecule has 0 N–H and O–H groups in total. The molecule has 1 nitrogen and oxygen atoms in total. The Morgan fingerprint density at radius 2 is 1.67 bits per heavy atom. The fraction of sp³-hybridized carbons (Fsp3) is 0.571. The third-order valence-electron chi connectivity index (χ3n) is 1.50. The SMILES string of the molecule is C=C/C=C(CC)\C(=C/C)OC.CC.CC. The zero-order chi connectivity index (χ0) is 12.7. The molecule has 1 heteroatoms. The summed E-state index contributed by atoms with van der Waals surface area (Å²) in [5.41, 5.74) is 1.19. The molecule has 0 aliphatic carbocycles. The van der Waals surface area contributed by atoms with Crippen LogP contribution < -0.4 is 0 Å². The molecule has 0 rings (SSSR count). The summed E-state index contributed by atoms with van der Waals surface area (Å²) >= 11 is 0. The summed E-state index contributed by atoms with van der Waals surface area (Å²) in [5.74, 6) is 0.937. The molecule has 0 heterocycles. The van der Waals surface area contributed by atoms with Gasteiger partial charge in [0, 0.05) is 0 Å². The van der Waals surface area contributed by atoms with E-state index in [0.717, 1.165) is 12.2 Å². The lowest BCUT2D eigenvalue weighted by Crippen LogP contribution is -1.90. The smallest absolute Gasteiger partial charge is 0.117 e. The van der Waals surface area contributed by atoms with Crippen LogP contribution in [0.5, 0.6) is 0 Å². The molecule has 0 fully saturated rings. The third-order valence-corrected chi connectivity index (χ3v) is 1.50. The van der Waals surface area contributed by atoms with Gasteiger partial charge in [-0.3, -0.25) is 0 Å². The summed E-state index contributed by atoms with van der Waals surface area (Å²) in [6, 6.07) is 0. The average Bonchev–Trinajstić information content (AvgIpc) is 2.34. The van der Waals surface area contributed by atoms with Crippen LogP contribution in [0.2, 0.25) is 0 Å². The van der Waals surface area contributed by atoms with Gasteiger partial charge in [-0.05, 0) is 25.0 Å². The lowest BCUT2D eigenvalue weighted by Gasteiger charge is -2.06.